The number of halogens is 4. The van der Waals surface area contributed by atoms with Crippen LogP contribution < -0.4 is 5.32 Å². The van der Waals surface area contributed by atoms with Crippen molar-refractivity contribution in [1.82, 2.24) is 10.3 Å². The number of carbonyl (C=O) groups is 1. The third kappa shape index (κ3) is 4.13. The second-order valence-electron chi connectivity index (χ2n) is 5.82. The highest BCUT2D eigenvalue weighted by Gasteiger charge is 2.30. The van der Waals surface area contributed by atoms with Gasteiger partial charge in [0.05, 0.1) is 23.5 Å². The molecule has 3 nitrogen and oxygen atoms in total. The van der Waals surface area contributed by atoms with Crippen LogP contribution in [0.4, 0.5) is 17.6 Å². The lowest BCUT2D eigenvalue weighted by Gasteiger charge is -2.12. The lowest BCUT2D eigenvalue weighted by Crippen LogP contribution is -2.20. The van der Waals surface area contributed by atoms with Gasteiger partial charge in [0.25, 0.3) is 0 Å². The molecule has 0 aliphatic carbocycles. The maximum Gasteiger partial charge on any atom is 0.416 e. The van der Waals surface area contributed by atoms with Crippen LogP contribution >= 0.6 is 0 Å². The lowest BCUT2D eigenvalue weighted by molar-refractivity contribution is -0.137. The molecule has 0 radical (unpaired) electrons. The van der Waals surface area contributed by atoms with Crippen molar-refractivity contribution in [2.75, 3.05) is 0 Å². The minimum atomic E-state index is -4.45. The Morgan fingerprint density at radius 1 is 1.11 bits per heavy atom. The quantitative estimate of drug-likeness (QED) is 0.523. The zero-order chi connectivity index (χ0) is 19.6. The van der Waals surface area contributed by atoms with Crippen molar-refractivity contribution in [3.8, 4) is 11.3 Å². The largest absolute Gasteiger partial charge is 0.416 e. The van der Waals surface area contributed by atoms with Gasteiger partial charge in [0.2, 0.25) is 5.91 Å². The Kier molecular flexibility index (Phi) is 4.94. The smallest absolute Gasteiger partial charge is 0.347 e. The molecule has 138 valence electrons. The molecule has 0 saturated heterocycles. The van der Waals surface area contributed by atoms with Crippen LogP contribution in [0.1, 0.15) is 11.3 Å². The summed E-state index contributed by atoms with van der Waals surface area (Å²) in [5.74, 6) is -0.864. The van der Waals surface area contributed by atoms with Gasteiger partial charge in [-0.2, -0.15) is 13.2 Å². The number of nitrogens with zero attached hydrogens (tertiary/aromatic N) is 1. The molecule has 0 atom stereocenters. The van der Waals surface area contributed by atoms with Crippen molar-refractivity contribution in [3.05, 3.63) is 78.3 Å². The summed E-state index contributed by atoms with van der Waals surface area (Å²) in [4.78, 5) is 15.8. The third-order valence-corrected chi connectivity index (χ3v) is 3.96. The number of hydrogen-bond donors (Lipinski definition) is 1. The van der Waals surface area contributed by atoms with E-state index in [-0.39, 0.29) is 12.5 Å². The van der Waals surface area contributed by atoms with Crippen LogP contribution in [-0.4, -0.2) is 10.9 Å². The second-order valence-corrected chi connectivity index (χ2v) is 5.82. The van der Waals surface area contributed by atoms with Crippen molar-refractivity contribution in [2.45, 2.75) is 12.7 Å². The van der Waals surface area contributed by atoms with Crippen LogP contribution in [0, 0.1) is 5.82 Å². The molecular weight excluding hydrogens is 360 g/mol. The summed E-state index contributed by atoms with van der Waals surface area (Å²) in [5.41, 5.74) is 0.453. The predicted octanol–water partition coefficient (Wildman–Crippen LogP) is 4.86. The topological polar surface area (TPSA) is 42.0 Å². The molecule has 7 heteroatoms. The van der Waals surface area contributed by atoms with Crippen LogP contribution in [0.15, 0.2) is 61.2 Å². The Hall–Kier alpha value is -3.22. The predicted molar refractivity (Wildman–Crippen MR) is 94.2 cm³/mol. The van der Waals surface area contributed by atoms with Gasteiger partial charge >= 0.3 is 6.18 Å². The first-order valence-corrected chi connectivity index (χ1v) is 7.95. The van der Waals surface area contributed by atoms with Crippen LogP contribution in [0.25, 0.3) is 22.0 Å². The molecule has 27 heavy (non-hydrogen) atoms. The summed E-state index contributed by atoms with van der Waals surface area (Å²) >= 11 is 0. The summed E-state index contributed by atoms with van der Waals surface area (Å²) in [6.45, 7) is 3.46. The number of aromatic nitrogens is 1. The molecule has 0 spiro atoms. The summed E-state index contributed by atoms with van der Waals surface area (Å²) < 4.78 is 52.1. The van der Waals surface area contributed by atoms with Crippen LogP contribution in [0.3, 0.4) is 0 Å². The summed E-state index contributed by atoms with van der Waals surface area (Å²) in [7, 11) is 0. The molecule has 3 rings (SSSR count). The third-order valence-electron chi connectivity index (χ3n) is 3.96. The first-order valence-electron chi connectivity index (χ1n) is 7.95. The Bertz CT molecular complexity index is 1010. The van der Waals surface area contributed by atoms with Gasteiger partial charge < -0.3 is 5.32 Å². The lowest BCUT2D eigenvalue weighted by atomic mass is 10.0. The minimum absolute atomic E-state index is 0.103. The van der Waals surface area contributed by atoms with E-state index in [1.165, 1.54) is 24.3 Å². The van der Waals surface area contributed by atoms with Crippen LogP contribution in [0.5, 0.6) is 0 Å². The molecule has 0 unspecified atom stereocenters. The maximum absolute atomic E-state index is 13.7. The fraction of sp³-hybridized carbons (Fsp3) is 0.100. The Morgan fingerprint density at radius 2 is 1.81 bits per heavy atom. The van der Waals surface area contributed by atoms with E-state index in [4.69, 9.17) is 0 Å². The molecule has 3 aromatic rings. The number of nitrogens with one attached hydrogen (secondary N) is 1. The van der Waals surface area contributed by atoms with E-state index in [9.17, 15) is 22.4 Å². The summed E-state index contributed by atoms with van der Waals surface area (Å²) in [6.07, 6.45) is -3.33. The highest BCUT2D eigenvalue weighted by Crippen LogP contribution is 2.33. The Labute approximate surface area is 152 Å². The zero-order valence-corrected chi connectivity index (χ0v) is 14.0. The molecule has 1 amide bonds. The Morgan fingerprint density at radius 3 is 2.44 bits per heavy atom. The SMILES string of the molecule is C=CC(=O)NCc1cc2ccc(F)cc2c(-c2ccc(C(F)(F)F)cc2)n1. The van der Waals surface area contributed by atoms with E-state index in [1.807, 2.05) is 0 Å². The van der Waals surface area contributed by atoms with Gasteiger partial charge in [-0.1, -0.05) is 24.8 Å². The Balaban J connectivity index is 2.10. The van der Waals surface area contributed by atoms with E-state index < -0.39 is 17.6 Å². The van der Waals surface area contributed by atoms with Gasteiger partial charge in [0.1, 0.15) is 5.82 Å². The first-order chi connectivity index (χ1) is 12.8. The van der Waals surface area contributed by atoms with E-state index >= 15 is 0 Å². The first kappa shape index (κ1) is 18.6. The zero-order valence-electron chi connectivity index (χ0n) is 14.0. The van der Waals surface area contributed by atoms with E-state index in [2.05, 4.69) is 16.9 Å². The average Bonchev–Trinajstić information content (AvgIpc) is 2.65. The van der Waals surface area contributed by atoms with E-state index in [0.717, 1.165) is 18.2 Å². The van der Waals surface area contributed by atoms with E-state index in [0.29, 0.717) is 27.7 Å². The van der Waals surface area contributed by atoms with Gasteiger partial charge in [0.15, 0.2) is 0 Å². The average molecular weight is 374 g/mol. The van der Waals surface area contributed by atoms with Crippen LogP contribution in [0.2, 0.25) is 0 Å². The van der Waals surface area contributed by atoms with Gasteiger partial charge in [-0.25, -0.2) is 4.39 Å². The standard InChI is InChI=1S/C20H14F4N2O/c1-2-18(27)25-11-16-9-13-5-8-15(21)10-17(13)19(26-16)12-3-6-14(7-4-12)20(22,23)24/h2-10H,1,11H2,(H,25,27). The molecule has 2 aromatic carbocycles. The molecule has 0 bridgehead atoms. The van der Waals surface area contributed by atoms with Gasteiger partial charge in [-0.3, -0.25) is 9.78 Å². The summed E-state index contributed by atoms with van der Waals surface area (Å²) in [6, 6.07) is 10.3. The minimum Gasteiger partial charge on any atom is -0.347 e. The number of carbonyl (C=O) groups excluding carboxylic acids is 1. The number of hydrogen-bond acceptors (Lipinski definition) is 2. The van der Waals surface area contributed by atoms with Crippen LogP contribution in [-0.2, 0) is 17.5 Å². The van der Waals surface area contributed by atoms with Crippen molar-refractivity contribution in [3.63, 3.8) is 0 Å². The number of benzene rings is 2. The van der Waals surface area contributed by atoms with Crippen molar-refractivity contribution in [2.24, 2.45) is 0 Å². The number of amides is 1. The number of rotatable bonds is 4. The molecule has 1 aromatic heterocycles. The van der Waals surface area contributed by atoms with Crippen molar-refractivity contribution >= 4 is 16.7 Å². The van der Waals surface area contributed by atoms with Gasteiger partial charge in [0, 0.05) is 10.9 Å². The number of alkyl halides is 3. The molecule has 0 aliphatic heterocycles. The molecule has 0 fully saturated rings. The number of fused-ring (bicyclic) bond motifs is 1. The van der Waals surface area contributed by atoms with Gasteiger partial charge in [-0.05, 0) is 41.8 Å². The molecule has 1 N–H and O–H groups in total. The molecule has 0 saturated carbocycles. The fourth-order valence-electron chi connectivity index (χ4n) is 2.65. The van der Waals surface area contributed by atoms with Crippen molar-refractivity contribution in [1.29, 1.82) is 0 Å². The maximum atomic E-state index is 13.7. The second kappa shape index (κ2) is 7.19. The highest BCUT2D eigenvalue weighted by molar-refractivity contribution is 5.95. The molecule has 1 heterocycles. The normalized spacial score (nSPS) is 11.4. The van der Waals surface area contributed by atoms with E-state index in [1.54, 1.807) is 12.1 Å². The van der Waals surface area contributed by atoms with Gasteiger partial charge in [-0.15, -0.1) is 0 Å². The summed E-state index contributed by atoms with van der Waals surface area (Å²) in [5, 5.41) is 3.71. The van der Waals surface area contributed by atoms with Crippen molar-refractivity contribution < 1.29 is 22.4 Å². The number of pyridine rings is 1. The monoisotopic (exact) mass is 374 g/mol. The highest BCUT2D eigenvalue weighted by atomic mass is 19.4. The fourth-order valence-corrected chi connectivity index (χ4v) is 2.65. The molecule has 0 aliphatic rings. The molecular formula is C20H14F4N2O.